The summed E-state index contributed by atoms with van der Waals surface area (Å²) in [6.45, 7) is -0.289. The number of phenolic OH excluding ortho intramolecular Hbond substituents is 2. The predicted octanol–water partition coefficient (Wildman–Crippen LogP) is 2.76. The van der Waals surface area contributed by atoms with Crippen molar-refractivity contribution in [1.29, 1.82) is 0 Å². The van der Waals surface area contributed by atoms with Crippen molar-refractivity contribution in [2.24, 2.45) is 0 Å². The van der Waals surface area contributed by atoms with Gasteiger partial charge in [-0.05, 0) is 46.9 Å². The topological polar surface area (TPSA) is 104 Å². The van der Waals surface area contributed by atoms with Crippen LogP contribution in [0.1, 0.15) is 26.3 Å². The molecular weight excluding hydrogens is 403 g/mol. The zero-order valence-corrected chi connectivity index (χ0v) is 13.3. The van der Waals surface area contributed by atoms with E-state index in [-0.39, 0.29) is 34.8 Å². The van der Waals surface area contributed by atoms with Crippen LogP contribution in [0.5, 0.6) is 11.5 Å². The number of aromatic carboxylic acids is 1. The quantitative estimate of drug-likeness (QED) is 0.404. The fraction of sp³-hybridized carbons (Fsp3) is 0.0667. The summed E-state index contributed by atoms with van der Waals surface area (Å²) in [5, 5.41) is 28.4. The highest BCUT2D eigenvalue weighted by atomic mass is 127. The van der Waals surface area contributed by atoms with Crippen molar-refractivity contribution in [3.63, 3.8) is 0 Å². The van der Waals surface area contributed by atoms with Crippen LogP contribution in [0.4, 0.5) is 0 Å². The zero-order valence-electron chi connectivity index (χ0n) is 11.1. The monoisotopic (exact) mass is 414 g/mol. The molecule has 22 heavy (non-hydrogen) atoms. The lowest BCUT2D eigenvalue weighted by Gasteiger charge is -2.10. The van der Waals surface area contributed by atoms with Gasteiger partial charge in [-0.25, -0.2) is 9.59 Å². The van der Waals surface area contributed by atoms with Crippen molar-refractivity contribution in [2.45, 2.75) is 6.61 Å². The summed E-state index contributed by atoms with van der Waals surface area (Å²) < 4.78 is 5.43. The summed E-state index contributed by atoms with van der Waals surface area (Å²) in [6.07, 6.45) is 0. The maximum Gasteiger partial charge on any atom is 0.339 e. The smallest absolute Gasteiger partial charge is 0.339 e. The minimum absolute atomic E-state index is 0.0702. The van der Waals surface area contributed by atoms with Gasteiger partial charge in [0.15, 0.2) is 0 Å². The van der Waals surface area contributed by atoms with E-state index in [2.05, 4.69) is 0 Å². The Balaban J connectivity index is 2.19. The molecule has 114 valence electrons. The molecule has 0 saturated carbocycles. The fourth-order valence-electron chi connectivity index (χ4n) is 1.82. The molecular formula is C15H11IO6. The van der Waals surface area contributed by atoms with Crippen molar-refractivity contribution in [3.8, 4) is 11.5 Å². The first-order valence-electron chi connectivity index (χ1n) is 6.10. The number of halogens is 1. The number of carboxylic acid groups (broad SMARTS) is 1. The van der Waals surface area contributed by atoms with E-state index in [0.717, 1.165) is 0 Å². The van der Waals surface area contributed by atoms with E-state index in [9.17, 15) is 19.8 Å². The summed E-state index contributed by atoms with van der Waals surface area (Å²) in [4.78, 5) is 23.1. The van der Waals surface area contributed by atoms with Crippen LogP contribution < -0.4 is 0 Å². The first-order valence-corrected chi connectivity index (χ1v) is 7.18. The minimum Gasteiger partial charge on any atom is -0.508 e. The Hall–Kier alpha value is -2.29. The Labute approximate surface area is 139 Å². The second-order valence-corrected chi connectivity index (χ2v) is 5.52. The number of carbonyl (C=O) groups is 2. The van der Waals surface area contributed by atoms with Gasteiger partial charge in [0.05, 0.1) is 14.7 Å². The van der Waals surface area contributed by atoms with Crippen LogP contribution >= 0.6 is 22.6 Å². The number of aromatic hydroxyl groups is 2. The standard InChI is InChI=1S/C15H11IO6/c16-12-6-9(17)5-8(13(12)18)7-22-15(21)11-4-2-1-3-10(11)14(19)20/h1-6,17-18H,7H2,(H,19,20). The van der Waals surface area contributed by atoms with Crippen molar-refractivity contribution in [2.75, 3.05) is 0 Å². The second kappa shape index (κ2) is 6.65. The van der Waals surface area contributed by atoms with Gasteiger partial charge in [-0.2, -0.15) is 0 Å². The molecule has 2 rings (SSSR count). The summed E-state index contributed by atoms with van der Waals surface area (Å²) in [5.41, 5.74) is -0.0166. The van der Waals surface area contributed by atoms with Gasteiger partial charge in [-0.3, -0.25) is 0 Å². The van der Waals surface area contributed by atoms with E-state index in [4.69, 9.17) is 9.84 Å². The third kappa shape index (κ3) is 3.48. The SMILES string of the molecule is O=C(O)c1ccccc1C(=O)OCc1cc(O)cc(I)c1O. The third-order valence-corrected chi connectivity index (χ3v) is 3.69. The molecule has 3 N–H and O–H groups in total. The highest BCUT2D eigenvalue weighted by Crippen LogP contribution is 2.29. The average Bonchev–Trinajstić information content (AvgIpc) is 2.49. The van der Waals surface area contributed by atoms with Gasteiger partial charge in [0.25, 0.3) is 0 Å². The molecule has 0 unspecified atom stereocenters. The van der Waals surface area contributed by atoms with Crippen LogP contribution in [0.3, 0.4) is 0 Å². The number of rotatable bonds is 4. The average molecular weight is 414 g/mol. The Morgan fingerprint density at radius 1 is 1.09 bits per heavy atom. The molecule has 0 aliphatic heterocycles. The number of hydrogen-bond acceptors (Lipinski definition) is 5. The summed E-state index contributed by atoms with van der Waals surface area (Å²) in [7, 11) is 0. The van der Waals surface area contributed by atoms with Crippen LogP contribution in [0.2, 0.25) is 0 Å². The summed E-state index contributed by atoms with van der Waals surface area (Å²) in [6, 6.07) is 8.31. The molecule has 6 nitrogen and oxygen atoms in total. The van der Waals surface area contributed by atoms with E-state index in [1.807, 2.05) is 22.6 Å². The molecule has 0 heterocycles. The maximum absolute atomic E-state index is 12.0. The van der Waals surface area contributed by atoms with Crippen molar-refractivity contribution in [1.82, 2.24) is 0 Å². The van der Waals surface area contributed by atoms with Gasteiger partial charge in [-0.1, -0.05) is 12.1 Å². The Bertz CT molecular complexity index is 741. The molecule has 2 aromatic carbocycles. The molecule has 0 aliphatic carbocycles. The minimum atomic E-state index is -1.23. The Morgan fingerprint density at radius 2 is 1.73 bits per heavy atom. The predicted molar refractivity (Wildman–Crippen MR) is 85.0 cm³/mol. The molecule has 0 spiro atoms. The highest BCUT2D eigenvalue weighted by molar-refractivity contribution is 14.1. The molecule has 0 bridgehead atoms. The second-order valence-electron chi connectivity index (χ2n) is 4.36. The molecule has 0 atom stereocenters. The van der Waals surface area contributed by atoms with E-state index in [0.29, 0.717) is 3.57 Å². The lowest BCUT2D eigenvalue weighted by Crippen LogP contribution is -2.11. The fourth-order valence-corrected chi connectivity index (χ4v) is 2.48. The molecule has 0 aliphatic rings. The van der Waals surface area contributed by atoms with Crippen LogP contribution in [-0.4, -0.2) is 27.3 Å². The Morgan fingerprint density at radius 3 is 2.36 bits per heavy atom. The van der Waals surface area contributed by atoms with Crippen LogP contribution in [0.25, 0.3) is 0 Å². The molecule has 7 heteroatoms. The van der Waals surface area contributed by atoms with Crippen molar-refractivity contribution >= 4 is 34.5 Å². The molecule has 0 saturated heterocycles. The van der Waals surface area contributed by atoms with Crippen molar-refractivity contribution < 1.29 is 29.6 Å². The van der Waals surface area contributed by atoms with E-state index < -0.39 is 11.9 Å². The largest absolute Gasteiger partial charge is 0.508 e. The number of phenols is 2. The van der Waals surface area contributed by atoms with Gasteiger partial charge in [0.2, 0.25) is 0 Å². The normalized spacial score (nSPS) is 10.2. The van der Waals surface area contributed by atoms with E-state index >= 15 is 0 Å². The molecule has 0 aromatic heterocycles. The number of hydrogen-bond donors (Lipinski definition) is 3. The van der Waals surface area contributed by atoms with Gasteiger partial charge in [0, 0.05) is 5.56 Å². The lowest BCUT2D eigenvalue weighted by atomic mass is 10.1. The van der Waals surface area contributed by atoms with E-state index in [1.165, 1.54) is 36.4 Å². The maximum atomic E-state index is 12.0. The van der Waals surface area contributed by atoms with Crippen molar-refractivity contribution in [3.05, 3.63) is 56.7 Å². The number of carboxylic acids is 1. The first-order chi connectivity index (χ1) is 10.4. The zero-order chi connectivity index (χ0) is 16.3. The van der Waals surface area contributed by atoms with Crippen LogP contribution in [0, 0.1) is 3.57 Å². The van der Waals surface area contributed by atoms with Gasteiger partial charge in [-0.15, -0.1) is 0 Å². The Kier molecular flexibility index (Phi) is 4.86. The molecule has 2 aromatic rings. The third-order valence-electron chi connectivity index (χ3n) is 2.86. The number of carbonyl (C=O) groups excluding carboxylic acids is 1. The molecule has 0 radical (unpaired) electrons. The van der Waals surface area contributed by atoms with Gasteiger partial charge >= 0.3 is 11.9 Å². The van der Waals surface area contributed by atoms with Gasteiger partial charge in [0.1, 0.15) is 18.1 Å². The van der Waals surface area contributed by atoms with Crippen LogP contribution in [0.15, 0.2) is 36.4 Å². The van der Waals surface area contributed by atoms with Gasteiger partial charge < -0.3 is 20.1 Å². The highest BCUT2D eigenvalue weighted by Gasteiger charge is 2.18. The van der Waals surface area contributed by atoms with Crippen LogP contribution in [-0.2, 0) is 11.3 Å². The number of benzene rings is 2. The number of ether oxygens (including phenoxy) is 1. The number of esters is 1. The molecule has 0 fully saturated rings. The van der Waals surface area contributed by atoms with E-state index in [1.54, 1.807) is 0 Å². The first kappa shape index (κ1) is 16.1. The summed E-state index contributed by atoms with van der Waals surface area (Å²) in [5.74, 6) is -2.23. The summed E-state index contributed by atoms with van der Waals surface area (Å²) >= 11 is 1.83. The lowest BCUT2D eigenvalue weighted by molar-refractivity contribution is 0.0461. The molecule has 0 amide bonds.